The quantitative estimate of drug-likeness (QED) is 0.766. The average molecular weight is 282 g/mol. The van der Waals surface area contributed by atoms with E-state index >= 15 is 0 Å². The van der Waals surface area contributed by atoms with Crippen LogP contribution in [0.4, 0.5) is 0 Å². The van der Waals surface area contributed by atoms with Gasteiger partial charge in [-0.2, -0.15) is 0 Å². The molecule has 0 aromatic carbocycles. The van der Waals surface area contributed by atoms with E-state index in [-0.39, 0.29) is 11.9 Å². The Balaban J connectivity index is 2.00. The SMILES string of the molecule is CC(C)NC(C)(CN1CCCN2CCCC2C1)C(N)=O. The molecule has 3 N–H and O–H groups in total. The lowest BCUT2D eigenvalue weighted by molar-refractivity contribution is -0.124. The standard InChI is InChI=1S/C15H30N4O/c1-12(2)17-15(3,14(16)20)11-18-7-5-9-19-8-4-6-13(19)10-18/h12-13,17H,4-11H2,1-3H3,(H2,16,20). The van der Waals surface area contributed by atoms with Crippen molar-refractivity contribution >= 4 is 5.91 Å². The van der Waals surface area contributed by atoms with Gasteiger partial charge in [0.05, 0.1) is 0 Å². The fraction of sp³-hybridized carbons (Fsp3) is 0.933. The van der Waals surface area contributed by atoms with Gasteiger partial charge in [0.25, 0.3) is 0 Å². The smallest absolute Gasteiger partial charge is 0.238 e. The molecule has 5 nitrogen and oxygen atoms in total. The first kappa shape index (κ1) is 15.7. The average Bonchev–Trinajstić information content (AvgIpc) is 2.67. The molecule has 0 spiro atoms. The highest BCUT2D eigenvalue weighted by Crippen LogP contribution is 2.22. The molecule has 2 rings (SSSR count). The molecule has 1 amide bonds. The van der Waals surface area contributed by atoms with Crippen molar-refractivity contribution in [2.45, 2.75) is 57.7 Å². The Morgan fingerprint density at radius 1 is 1.35 bits per heavy atom. The first-order valence-electron chi connectivity index (χ1n) is 7.95. The van der Waals surface area contributed by atoms with Gasteiger partial charge in [0.1, 0.15) is 5.54 Å². The van der Waals surface area contributed by atoms with Crippen molar-refractivity contribution in [2.24, 2.45) is 5.73 Å². The van der Waals surface area contributed by atoms with Crippen LogP contribution in [0.25, 0.3) is 0 Å². The van der Waals surface area contributed by atoms with Gasteiger partial charge in [0.15, 0.2) is 0 Å². The number of rotatable bonds is 5. The Morgan fingerprint density at radius 3 is 2.70 bits per heavy atom. The van der Waals surface area contributed by atoms with Gasteiger partial charge in [0.2, 0.25) is 5.91 Å². The molecule has 2 saturated heterocycles. The second-order valence-corrected chi connectivity index (χ2v) is 6.92. The summed E-state index contributed by atoms with van der Waals surface area (Å²) in [6.45, 7) is 11.3. The summed E-state index contributed by atoms with van der Waals surface area (Å²) in [5, 5.41) is 3.35. The molecule has 2 heterocycles. The third-order valence-electron chi connectivity index (χ3n) is 4.58. The van der Waals surface area contributed by atoms with Crippen molar-refractivity contribution in [1.29, 1.82) is 0 Å². The van der Waals surface area contributed by atoms with Gasteiger partial charge < -0.3 is 11.1 Å². The summed E-state index contributed by atoms with van der Waals surface area (Å²) in [7, 11) is 0. The van der Waals surface area contributed by atoms with E-state index in [0.29, 0.717) is 12.6 Å². The minimum absolute atomic E-state index is 0.251. The molecule has 5 heteroatoms. The van der Waals surface area contributed by atoms with Gasteiger partial charge in [-0.05, 0) is 59.7 Å². The van der Waals surface area contributed by atoms with E-state index in [0.717, 1.165) is 13.1 Å². The number of fused-ring (bicyclic) bond motifs is 1. The number of carbonyl (C=O) groups excluding carboxylic acids is 1. The summed E-state index contributed by atoms with van der Waals surface area (Å²) in [6, 6.07) is 0.927. The lowest BCUT2D eigenvalue weighted by Gasteiger charge is -2.36. The van der Waals surface area contributed by atoms with Crippen LogP contribution in [-0.4, -0.2) is 66.1 Å². The maximum atomic E-state index is 11.9. The summed E-state index contributed by atoms with van der Waals surface area (Å²) in [4.78, 5) is 16.9. The predicted molar refractivity (Wildman–Crippen MR) is 81.5 cm³/mol. The summed E-state index contributed by atoms with van der Waals surface area (Å²) in [5.74, 6) is -0.251. The molecule has 0 aromatic heterocycles. The van der Waals surface area contributed by atoms with Gasteiger partial charge >= 0.3 is 0 Å². The summed E-state index contributed by atoms with van der Waals surface area (Å²) >= 11 is 0. The van der Waals surface area contributed by atoms with Crippen LogP contribution in [0.5, 0.6) is 0 Å². The van der Waals surface area contributed by atoms with Crippen molar-refractivity contribution in [3.05, 3.63) is 0 Å². The van der Waals surface area contributed by atoms with Crippen LogP contribution in [0.3, 0.4) is 0 Å². The number of nitrogens with two attached hydrogens (primary N) is 1. The summed E-state index contributed by atoms with van der Waals surface area (Å²) in [6.07, 6.45) is 3.80. The molecular weight excluding hydrogens is 252 g/mol. The Labute approximate surface area is 122 Å². The molecule has 2 atom stereocenters. The van der Waals surface area contributed by atoms with Gasteiger partial charge in [-0.25, -0.2) is 0 Å². The van der Waals surface area contributed by atoms with E-state index in [1.165, 1.54) is 32.4 Å². The third-order valence-corrected chi connectivity index (χ3v) is 4.58. The molecular formula is C15H30N4O. The van der Waals surface area contributed by atoms with Crippen LogP contribution >= 0.6 is 0 Å². The van der Waals surface area contributed by atoms with E-state index in [1.807, 2.05) is 6.92 Å². The molecule has 2 unspecified atom stereocenters. The second kappa shape index (κ2) is 6.41. The van der Waals surface area contributed by atoms with Crippen molar-refractivity contribution in [3.63, 3.8) is 0 Å². The highest BCUT2D eigenvalue weighted by Gasteiger charge is 2.36. The molecule has 2 aliphatic heterocycles. The maximum Gasteiger partial charge on any atom is 0.238 e. The topological polar surface area (TPSA) is 61.6 Å². The number of amides is 1. The summed E-state index contributed by atoms with van der Waals surface area (Å²) < 4.78 is 0. The Hall–Kier alpha value is -0.650. The van der Waals surface area contributed by atoms with Crippen molar-refractivity contribution < 1.29 is 4.79 Å². The zero-order chi connectivity index (χ0) is 14.8. The van der Waals surface area contributed by atoms with Crippen LogP contribution in [-0.2, 0) is 4.79 Å². The van der Waals surface area contributed by atoms with Crippen LogP contribution in [0.15, 0.2) is 0 Å². The Kier molecular flexibility index (Phi) is 5.04. The number of hydrogen-bond donors (Lipinski definition) is 2. The van der Waals surface area contributed by atoms with Gasteiger partial charge in [-0.1, -0.05) is 0 Å². The molecule has 0 aromatic rings. The number of nitrogens with one attached hydrogen (secondary N) is 1. The molecule has 0 aliphatic carbocycles. The normalized spacial score (nSPS) is 28.1. The van der Waals surface area contributed by atoms with E-state index in [4.69, 9.17) is 5.73 Å². The molecule has 0 bridgehead atoms. The maximum absolute atomic E-state index is 11.9. The fourth-order valence-electron chi connectivity index (χ4n) is 3.71. The molecule has 20 heavy (non-hydrogen) atoms. The van der Waals surface area contributed by atoms with Gasteiger partial charge in [-0.15, -0.1) is 0 Å². The molecule has 116 valence electrons. The van der Waals surface area contributed by atoms with Gasteiger partial charge in [0, 0.05) is 25.2 Å². The summed E-state index contributed by atoms with van der Waals surface area (Å²) in [5.41, 5.74) is 5.01. The van der Waals surface area contributed by atoms with Crippen LogP contribution < -0.4 is 11.1 Å². The number of primary amides is 1. The number of hydrogen-bond acceptors (Lipinski definition) is 4. The Bertz CT molecular complexity index is 347. The number of nitrogens with zero attached hydrogens (tertiary/aromatic N) is 2. The monoisotopic (exact) mass is 282 g/mol. The van der Waals surface area contributed by atoms with E-state index < -0.39 is 5.54 Å². The number of carbonyl (C=O) groups is 1. The molecule has 0 radical (unpaired) electrons. The van der Waals surface area contributed by atoms with Crippen LogP contribution in [0.2, 0.25) is 0 Å². The van der Waals surface area contributed by atoms with E-state index in [1.54, 1.807) is 0 Å². The molecule has 0 saturated carbocycles. The minimum Gasteiger partial charge on any atom is -0.368 e. The molecule has 2 fully saturated rings. The zero-order valence-corrected chi connectivity index (χ0v) is 13.2. The highest BCUT2D eigenvalue weighted by atomic mass is 16.1. The third kappa shape index (κ3) is 3.71. The molecule has 2 aliphatic rings. The minimum atomic E-state index is -0.637. The highest BCUT2D eigenvalue weighted by molar-refractivity contribution is 5.84. The first-order chi connectivity index (χ1) is 9.40. The van der Waals surface area contributed by atoms with Crippen molar-refractivity contribution in [3.8, 4) is 0 Å². The van der Waals surface area contributed by atoms with Crippen molar-refractivity contribution in [2.75, 3.05) is 32.7 Å². The lowest BCUT2D eigenvalue weighted by atomic mass is 9.99. The predicted octanol–water partition coefficient (Wildman–Crippen LogP) is 0.399. The van der Waals surface area contributed by atoms with E-state index in [9.17, 15) is 4.79 Å². The van der Waals surface area contributed by atoms with Crippen molar-refractivity contribution in [1.82, 2.24) is 15.1 Å². The zero-order valence-electron chi connectivity index (χ0n) is 13.2. The van der Waals surface area contributed by atoms with Crippen LogP contribution in [0.1, 0.15) is 40.0 Å². The van der Waals surface area contributed by atoms with Crippen LogP contribution in [0, 0.1) is 0 Å². The fourth-order valence-corrected chi connectivity index (χ4v) is 3.71. The van der Waals surface area contributed by atoms with E-state index in [2.05, 4.69) is 29.0 Å². The lowest BCUT2D eigenvalue weighted by Crippen LogP contribution is -2.61. The Morgan fingerprint density at radius 2 is 2.05 bits per heavy atom. The second-order valence-electron chi connectivity index (χ2n) is 6.92. The first-order valence-corrected chi connectivity index (χ1v) is 7.95. The van der Waals surface area contributed by atoms with Gasteiger partial charge in [-0.3, -0.25) is 14.6 Å². The largest absolute Gasteiger partial charge is 0.368 e.